The molecule has 0 saturated heterocycles. The number of rotatable bonds is 12. The molecule has 0 heterocycles. The monoisotopic (exact) mass is 241 g/mol. The lowest BCUT2D eigenvalue weighted by molar-refractivity contribution is 0.240. The highest BCUT2D eigenvalue weighted by Gasteiger charge is 2.23. The van der Waals surface area contributed by atoms with E-state index in [2.05, 4.69) is 20.8 Å². The van der Waals surface area contributed by atoms with Gasteiger partial charge in [0.15, 0.2) is 0 Å². The van der Waals surface area contributed by atoms with Crippen molar-refractivity contribution in [3.63, 3.8) is 0 Å². The minimum absolute atomic E-state index is 0.447. The van der Waals surface area contributed by atoms with Crippen LogP contribution in [0.15, 0.2) is 0 Å². The van der Waals surface area contributed by atoms with Gasteiger partial charge in [-0.05, 0) is 31.2 Å². The van der Waals surface area contributed by atoms with Crippen LogP contribution in [0.25, 0.3) is 0 Å². The van der Waals surface area contributed by atoms with Gasteiger partial charge in [0.1, 0.15) is 0 Å². The van der Waals surface area contributed by atoms with Crippen molar-refractivity contribution < 1.29 is 0 Å². The van der Waals surface area contributed by atoms with Gasteiger partial charge in [-0.1, -0.05) is 72.1 Å². The second kappa shape index (κ2) is 11.1. The Hall–Kier alpha value is -0.0400. The summed E-state index contributed by atoms with van der Waals surface area (Å²) in [6, 6.07) is 0. The first-order chi connectivity index (χ1) is 8.24. The predicted octanol–water partition coefficient (Wildman–Crippen LogP) is 5.28. The lowest BCUT2D eigenvalue weighted by atomic mass is 9.78. The Morgan fingerprint density at radius 1 is 0.706 bits per heavy atom. The molecule has 0 aromatic carbocycles. The highest BCUT2D eigenvalue weighted by molar-refractivity contribution is 4.77. The van der Waals surface area contributed by atoms with E-state index in [1.807, 2.05) is 0 Å². The first kappa shape index (κ1) is 17.0. The molecule has 0 aromatic heterocycles. The zero-order valence-electron chi connectivity index (χ0n) is 12.6. The van der Waals surface area contributed by atoms with Crippen LogP contribution in [0.5, 0.6) is 0 Å². The lowest BCUT2D eigenvalue weighted by Gasteiger charge is -2.30. The molecule has 2 N–H and O–H groups in total. The number of hydrogen-bond donors (Lipinski definition) is 1. The van der Waals surface area contributed by atoms with Gasteiger partial charge in [0.25, 0.3) is 0 Å². The molecular formula is C16H35N. The van der Waals surface area contributed by atoms with Crippen molar-refractivity contribution in [3.05, 3.63) is 0 Å². The Bertz CT molecular complexity index is 141. The standard InChI is InChI=1S/C16H35N/c1-4-7-8-9-10-11-12-13-14-16(5-2,6-3)15-17/h4-15,17H2,1-3H3. The molecule has 0 bridgehead atoms. The van der Waals surface area contributed by atoms with Crippen LogP contribution < -0.4 is 5.73 Å². The Morgan fingerprint density at radius 2 is 1.18 bits per heavy atom. The third-order valence-corrected chi connectivity index (χ3v) is 4.49. The predicted molar refractivity (Wildman–Crippen MR) is 79.3 cm³/mol. The first-order valence-electron chi connectivity index (χ1n) is 7.94. The van der Waals surface area contributed by atoms with E-state index in [0.717, 1.165) is 6.54 Å². The molecule has 0 aliphatic rings. The summed E-state index contributed by atoms with van der Waals surface area (Å²) >= 11 is 0. The molecular weight excluding hydrogens is 206 g/mol. The summed E-state index contributed by atoms with van der Waals surface area (Å²) in [5.74, 6) is 0. The molecule has 0 aliphatic carbocycles. The van der Waals surface area contributed by atoms with Gasteiger partial charge < -0.3 is 5.73 Å². The zero-order chi connectivity index (χ0) is 13.0. The fraction of sp³-hybridized carbons (Fsp3) is 1.00. The maximum atomic E-state index is 5.92. The highest BCUT2D eigenvalue weighted by atomic mass is 14.6. The molecule has 0 rings (SSSR count). The van der Waals surface area contributed by atoms with Crippen molar-refractivity contribution in [2.24, 2.45) is 11.1 Å². The summed E-state index contributed by atoms with van der Waals surface area (Å²) in [4.78, 5) is 0. The van der Waals surface area contributed by atoms with E-state index >= 15 is 0 Å². The van der Waals surface area contributed by atoms with Crippen LogP contribution in [0.1, 0.15) is 91.4 Å². The summed E-state index contributed by atoms with van der Waals surface area (Å²) < 4.78 is 0. The molecule has 1 nitrogen and oxygen atoms in total. The van der Waals surface area contributed by atoms with Crippen molar-refractivity contribution in [1.82, 2.24) is 0 Å². The molecule has 0 unspecified atom stereocenters. The quantitative estimate of drug-likeness (QED) is 0.462. The van der Waals surface area contributed by atoms with E-state index in [1.54, 1.807) is 0 Å². The maximum absolute atomic E-state index is 5.92. The van der Waals surface area contributed by atoms with E-state index in [4.69, 9.17) is 5.73 Å². The summed E-state index contributed by atoms with van der Waals surface area (Å²) in [5.41, 5.74) is 6.37. The molecule has 1 heteroatoms. The number of nitrogens with two attached hydrogens (primary N) is 1. The van der Waals surface area contributed by atoms with Crippen LogP contribution in [0, 0.1) is 5.41 Å². The molecule has 0 spiro atoms. The fourth-order valence-corrected chi connectivity index (χ4v) is 2.63. The van der Waals surface area contributed by atoms with Gasteiger partial charge in [-0.15, -0.1) is 0 Å². The molecule has 0 aromatic rings. The van der Waals surface area contributed by atoms with E-state index in [1.165, 1.54) is 70.6 Å². The smallest absolute Gasteiger partial charge is 0.00207 e. The Labute approximate surface area is 110 Å². The van der Waals surface area contributed by atoms with Gasteiger partial charge in [0.2, 0.25) is 0 Å². The van der Waals surface area contributed by atoms with Crippen LogP contribution in [-0.4, -0.2) is 6.54 Å². The summed E-state index contributed by atoms with van der Waals surface area (Å²) in [6.07, 6.45) is 15.1. The Morgan fingerprint density at radius 3 is 1.59 bits per heavy atom. The Kier molecular flexibility index (Phi) is 11.0. The second-order valence-corrected chi connectivity index (χ2v) is 5.64. The SMILES string of the molecule is CCCCCCCCCCC(CC)(CC)CN. The van der Waals surface area contributed by atoms with E-state index in [9.17, 15) is 0 Å². The number of hydrogen-bond acceptors (Lipinski definition) is 1. The van der Waals surface area contributed by atoms with Gasteiger partial charge in [-0.25, -0.2) is 0 Å². The summed E-state index contributed by atoms with van der Waals surface area (Å²) in [6.45, 7) is 7.74. The van der Waals surface area contributed by atoms with Gasteiger partial charge in [0.05, 0.1) is 0 Å². The van der Waals surface area contributed by atoms with Gasteiger partial charge >= 0.3 is 0 Å². The maximum Gasteiger partial charge on any atom is -0.00207 e. The highest BCUT2D eigenvalue weighted by Crippen LogP contribution is 2.31. The first-order valence-corrected chi connectivity index (χ1v) is 7.94. The lowest BCUT2D eigenvalue weighted by Crippen LogP contribution is -2.29. The van der Waals surface area contributed by atoms with Crippen LogP contribution in [-0.2, 0) is 0 Å². The van der Waals surface area contributed by atoms with Crippen molar-refractivity contribution >= 4 is 0 Å². The minimum atomic E-state index is 0.447. The zero-order valence-corrected chi connectivity index (χ0v) is 12.6. The molecule has 0 amide bonds. The average Bonchev–Trinajstić information content (AvgIpc) is 2.38. The van der Waals surface area contributed by atoms with Gasteiger partial charge in [-0.3, -0.25) is 0 Å². The molecule has 0 fully saturated rings. The Balaban J connectivity index is 3.43. The molecule has 17 heavy (non-hydrogen) atoms. The van der Waals surface area contributed by atoms with Crippen molar-refractivity contribution in [3.8, 4) is 0 Å². The number of unbranched alkanes of at least 4 members (excludes halogenated alkanes) is 7. The fourth-order valence-electron chi connectivity index (χ4n) is 2.63. The topological polar surface area (TPSA) is 26.0 Å². The van der Waals surface area contributed by atoms with Crippen LogP contribution in [0.4, 0.5) is 0 Å². The van der Waals surface area contributed by atoms with Crippen molar-refractivity contribution in [2.45, 2.75) is 91.4 Å². The molecule has 0 radical (unpaired) electrons. The van der Waals surface area contributed by atoms with Crippen LogP contribution >= 0.6 is 0 Å². The summed E-state index contributed by atoms with van der Waals surface area (Å²) in [5, 5.41) is 0. The van der Waals surface area contributed by atoms with E-state index in [0.29, 0.717) is 5.41 Å². The molecule has 0 aliphatic heterocycles. The van der Waals surface area contributed by atoms with Crippen molar-refractivity contribution in [2.75, 3.05) is 6.54 Å². The van der Waals surface area contributed by atoms with Gasteiger partial charge in [-0.2, -0.15) is 0 Å². The summed E-state index contributed by atoms with van der Waals surface area (Å²) in [7, 11) is 0. The van der Waals surface area contributed by atoms with E-state index < -0.39 is 0 Å². The minimum Gasteiger partial charge on any atom is -0.330 e. The van der Waals surface area contributed by atoms with E-state index in [-0.39, 0.29) is 0 Å². The second-order valence-electron chi connectivity index (χ2n) is 5.64. The molecule has 104 valence electrons. The third-order valence-electron chi connectivity index (χ3n) is 4.49. The molecule has 0 saturated carbocycles. The average molecular weight is 241 g/mol. The van der Waals surface area contributed by atoms with Crippen molar-refractivity contribution in [1.29, 1.82) is 0 Å². The van der Waals surface area contributed by atoms with Crippen LogP contribution in [0.2, 0.25) is 0 Å². The van der Waals surface area contributed by atoms with Crippen LogP contribution in [0.3, 0.4) is 0 Å². The third kappa shape index (κ3) is 7.81. The largest absolute Gasteiger partial charge is 0.330 e. The van der Waals surface area contributed by atoms with Gasteiger partial charge in [0, 0.05) is 0 Å². The molecule has 0 atom stereocenters. The normalized spacial score (nSPS) is 12.0.